The summed E-state index contributed by atoms with van der Waals surface area (Å²) in [7, 11) is 4.32. The maximum absolute atomic E-state index is 4.42. The summed E-state index contributed by atoms with van der Waals surface area (Å²) in [5, 5.41) is 3.53. The van der Waals surface area contributed by atoms with Crippen LogP contribution in [0.5, 0.6) is 0 Å². The van der Waals surface area contributed by atoms with Gasteiger partial charge in [-0.25, -0.2) is 0 Å². The van der Waals surface area contributed by atoms with Crippen molar-refractivity contribution in [3.63, 3.8) is 0 Å². The van der Waals surface area contributed by atoms with Gasteiger partial charge in [-0.05, 0) is 62.5 Å². The average Bonchev–Trinajstić information content (AvgIpc) is 3.17. The van der Waals surface area contributed by atoms with Gasteiger partial charge in [-0.3, -0.25) is 9.88 Å². The number of thiophene rings is 1. The topological polar surface area (TPSA) is 34.6 Å². The third-order valence-electron chi connectivity index (χ3n) is 6.65. The minimum Gasteiger partial charge on any atom is -0.379 e. The molecular formula is C28H33N5S. The highest BCUT2D eigenvalue weighted by Gasteiger charge is 2.24. The lowest BCUT2D eigenvalue weighted by atomic mass is 9.97. The quantitative estimate of drug-likeness (QED) is 0.535. The second kappa shape index (κ2) is 10.1. The average molecular weight is 472 g/mol. The van der Waals surface area contributed by atoms with Crippen molar-refractivity contribution >= 4 is 28.3 Å². The van der Waals surface area contributed by atoms with Crippen LogP contribution in [-0.2, 0) is 13.1 Å². The van der Waals surface area contributed by atoms with E-state index in [1.165, 1.54) is 46.0 Å². The van der Waals surface area contributed by atoms with Gasteiger partial charge in [0.05, 0.1) is 12.2 Å². The maximum Gasteiger partial charge on any atom is 0.0594 e. The van der Waals surface area contributed by atoms with E-state index in [2.05, 4.69) is 82.2 Å². The van der Waals surface area contributed by atoms with Crippen molar-refractivity contribution in [2.24, 2.45) is 0 Å². The molecule has 176 valence electrons. The van der Waals surface area contributed by atoms with E-state index in [1.54, 1.807) is 0 Å². The number of nitrogens with one attached hydrogen (secondary N) is 1. The molecule has 5 nitrogen and oxygen atoms in total. The van der Waals surface area contributed by atoms with Crippen LogP contribution in [0, 0.1) is 0 Å². The fraction of sp³-hybridized carbons (Fsp3) is 0.321. The van der Waals surface area contributed by atoms with E-state index in [1.807, 2.05) is 35.7 Å². The number of pyridine rings is 1. The monoisotopic (exact) mass is 471 g/mol. The molecule has 6 heteroatoms. The van der Waals surface area contributed by atoms with Gasteiger partial charge in [0.15, 0.2) is 0 Å². The summed E-state index contributed by atoms with van der Waals surface area (Å²) in [4.78, 5) is 14.4. The Morgan fingerprint density at radius 2 is 1.94 bits per heavy atom. The lowest BCUT2D eigenvalue weighted by Crippen LogP contribution is -2.28. The molecule has 34 heavy (non-hydrogen) atoms. The van der Waals surface area contributed by atoms with Crippen LogP contribution in [0.2, 0.25) is 0 Å². The molecule has 0 spiro atoms. The van der Waals surface area contributed by atoms with E-state index < -0.39 is 0 Å². The molecule has 0 aliphatic carbocycles. The normalized spacial score (nSPS) is 17.3. The van der Waals surface area contributed by atoms with Crippen LogP contribution >= 0.6 is 11.3 Å². The van der Waals surface area contributed by atoms with Gasteiger partial charge >= 0.3 is 0 Å². The molecule has 2 aliphatic heterocycles. The summed E-state index contributed by atoms with van der Waals surface area (Å²) in [5.74, 6) is 0. The standard InChI is InChI=1S/C28H33N5S/c1-21-26-17-25(19-33-13-7-12-31(2)14-15-33)34-28(26)27(20-32(21)3)22-8-6-10-23(16-22)30-18-24-9-4-5-11-29-24/h4-6,8-11,16-17,20,30H,1,7,12-15,18-19H2,2-3H3. The molecule has 2 aromatic heterocycles. The summed E-state index contributed by atoms with van der Waals surface area (Å²) < 4.78 is 0. The first-order valence-corrected chi connectivity index (χ1v) is 12.8. The number of nitrogens with zero attached hydrogens (tertiary/aromatic N) is 4. The minimum absolute atomic E-state index is 0.708. The zero-order chi connectivity index (χ0) is 23.5. The highest BCUT2D eigenvalue weighted by atomic mass is 32.1. The van der Waals surface area contributed by atoms with Crippen molar-refractivity contribution in [3.8, 4) is 0 Å². The Kier molecular flexibility index (Phi) is 6.81. The zero-order valence-electron chi connectivity index (χ0n) is 20.1. The Bertz CT molecular complexity index is 1180. The molecule has 5 rings (SSSR count). The third-order valence-corrected chi connectivity index (χ3v) is 7.81. The molecule has 0 amide bonds. The first kappa shape index (κ1) is 22.8. The SMILES string of the molecule is C=C1c2cc(CN3CCCN(C)CC3)sc2C(c2cccc(NCc3ccccn3)c2)=CN1C. The Hall–Kier alpha value is -2.93. The number of likely N-dealkylation sites (N-methyl/N-ethyl adjacent to an activating group) is 1. The third kappa shape index (κ3) is 5.09. The lowest BCUT2D eigenvalue weighted by Gasteiger charge is -2.25. The lowest BCUT2D eigenvalue weighted by molar-refractivity contribution is 0.271. The first-order chi connectivity index (χ1) is 16.6. The number of hydrogen-bond donors (Lipinski definition) is 1. The second-order valence-electron chi connectivity index (χ2n) is 9.24. The molecule has 0 radical (unpaired) electrons. The largest absolute Gasteiger partial charge is 0.379 e. The van der Waals surface area contributed by atoms with Crippen LogP contribution in [-0.4, -0.2) is 60.0 Å². The zero-order valence-corrected chi connectivity index (χ0v) is 20.9. The molecule has 3 aromatic rings. The molecule has 2 aliphatic rings. The van der Waals surface area contributed by atoms with Crippen molar-refractivity contribution in [3.05, 3.63) is 94.1 Å². The number of benzene rings is 1. The van der Waals surface area contributed by atoms with E-state index in [0.29, 0.717) is 6.54 Å². The van der Waals surface area contributed by atoms with Gasteiger partial charge in [-0.2, -0.15) is 0 Å². The second-order valence-corrected chi connectivity index (χ2v) is 10.4. The van der Waals surface area contributed by atoms with E-state index in [9.17, 15) is 0 Å². The predicted molar refractivity (Wildman–Crippen MR) is 144 cm³/mol. The summed E-state index contributed by atoms with van der Waals surface area (Å²) >= 11 is 1.92. The predicted octanol–water partition coefficient (Wildman–Crippen LogP) is 5.20. The number of hydrogen-bond acceptors (Lipinski definition) is 6. The molecular weight excluding hydrogens is 438 g/mol. The molecule has 1 aromatic carbocycles. The van der Waals surface area contributed by atoms with Gasteiger partial charge in [-0.15, -0.1) is 11.3 Å². The summed E-state index contributed by atoms with van der Waals surface area (Å²) in [6.45, 7) is 10.7. The molecule has 1 fully saturated rings. The fourth-order valence-corrected chi connectivity index (χ4v) is 5.88. The fourth-order valence-electron chi connectivity index (χ4n) is 4.63. The highest BCUT2D eigenvalue weighted by molar-refractivity contribution is 7.13. The van der Waals surface area contributed by atoms with Crippen LogP contribution in [0.1, 0.15) is 33.0 Å². The van der Waals surface area contributed by atoms with Gasteiger partial charge in [0.25, 0.3) is 0 Å². The molecule has 1 N–H and O–H groups in total. The molecule has 0 saturated carbocycles. The Balaban J connectivity index is 1.38. The van der Waals surface area contributed by atoms with Crippen molar-refractivity contribution in [2.45, 2.75) is 19.5 Å². The van der Waals surface area contributed by atoms with E-state index in [4.69, 9.17) is 0 Å². The molecule has 0 unspecified atom stereocenters. The van der Waals surface area contributed by atoms with Gasteiger partial charge in [0, 0.05) is 71.4 Å². The van der Waals surface area contributed by atoms with Gasteiger partial charge in [-0.1, -0.05) is 24.8 Å². The van der Waals surface area contributed by atoms with Crippen molar-refractivity contribution in [1.82, 2.24) is 19.7 Å². The number of aromatic nitrogens is 1. The maximum atomic E-state index is 4.42. The van der Waals surface area contributed by atoms with Crippen LogP contribution in [0.4, 0.5) is 5.69 Å². The van der Waals surface area contributed by atoms with Crippen LogP contribution < -0.4 is 5.32 Å². The Morgan fingerprint density at radius 3 is 2.79 bits per heavy atom. The van der Waals surface area contributed by atoms with Crippen LogP contribution in [0.3, 0.4) is 0 Å². The Morgan fingerprint density at radius 1 is 1.03 bits per heavy atom. The number of rotatable bonds is 6. The first-order valence-electron chi connectivity index (χ1n) is 12.0. The number of anilines is 1. The minimum atomic E-state index is 0.708. The molecule has 1 saturated heterocycles. The van der Waals surface area contributed by atoms with Crippen LogP contribution in [0.15, 0.2) is 67.5 Å². The van der Waals surface area contributed by atoms with Crippen molar-refractivity contribution in [1.29, 1.82) is 0 Å². The molecule has 0 atom stereocenters. The highest BCUT2D eigenvalue weighted by Crippen LogP contribution is 2.42. The number of fused-ring (bicyclic) bond motifs is 1. The van der Waals surface area contributed by atoms with Crippen molar-refractivity contribution < 1.29 is 0 Å². The van der Waals surface area contributed by atoms with Gasteiger partial charge < -0.3 is 15.1 Å². The summed E-state index contributed by atoms with van der Waals surface area (Å²) in [6.07, 6.45) is 5.30. The molecule has 4 heterocycles. The Labute approximate surface area is 207 Å². The van der Waals surface area contributed by atoms with Crippen molar-refractivity contribution in [2.75, 3.05) is 45.6 Å². The van der Waals surface area contributed by atoms with Gasteiger partial charge in [0.2, 0.25) is 0 Å². The summed E-state index contributed by atoms with van der Waals surface area (Å²) in [6, 6.07) is 17.1. The van der Waals surface area contributed by atoms with E-state index >= 15 is 0 Å². The van der Waals surface area contributed by atoms with E-state index in [0.717, 1.165) is 36.7 Å². The van der Waals surface area contributed by atoms with Gasteiger partial charge in [0.1, 0.15) is 0 Å². The van der Waals surface area contributed by atoms with E-state index in [-0.39, 0.29) is 0 Å². The smallest absolute Gasteiger partial charge is 0.0594 e. The van der Waals surface area contributed by atoms with Crippen LogP contribution in [0.25, 0.3) is 11.3 Å². The molecule has 0 bridgehead atoms. The summed E-state index contributed by atoms with van der Waals surface area (Å²) in [5.41, 5.74) is 6.95.